The van der Waals surface area contributed by atoms with Gasteiger partial charge in [0.2, 0.25) is 5.91 Å². The van der Waals surface area contributed by atoms with Gasteiger partial charge in [0.05, 0.1) is 30.0 Å². The van der Waals surface area contributed by atoms with Gasteiger partial charge in [-0.1, -0.05) is 18.2 Å². The maximum Gasteiger partial charge on any atom is 0.253 e. The Bertz CT molecular complexity index is 1140. The summed E-state index contributed by atoms with van der Waals surface area (Å²) in [6.45, 7) is 4.14. The predicted octanol–water partition coefficient (Wildman–Crippen LogP) is 3.01. The quantitative estimate of drug-likeness (QED) is 0.709. The van der Waals surface area contributed by atoms with E-state index in [1.165, 1.54) is 0 Å². The van der Waals surface area contributed by atoms with Crippen LogP contribution in [0, 0.1) is 12.8 Å². The molecule has 31 heavy (non-hydrogen) atoms. The van der Waals surface area contributed by atoms with Crippen LogP contribution in [0.3, 0.4) is 0 Å². The molecule has 2 aliphatic rings. The number of rotatable bonds is 3. The van der Waals surface area contributed by atoms with Crippen molar-refractivity contribution in [3.8, 4) is 0 Å². The lowest BCUT2D eigenvalue weighted by atomic mass is 9.85. The molecule has 7 heteroatoms. The highest BCUT2D eigenvalue weighted by molar-refractivity contribution is 6.07. The van der Waals surface area contributed by atoms with Gasteiger partial charge in [0.25, 0.3) is 5.91 Å². The Balaban J connectivity index is 1.18. The first-order valence-electron chi connectivity index (χ1n) is 11.2. The molecule has 162 valence electrons. The van der Waals surface area contributed by atoms with Gasteiger partial charge in [-0.2, -0.15) is 5.10 Å². The van der Waals surface area contributed by atoms with Gasteiger partial charge < -0.3 is 14.8 Å². The molecule has 1 fully saturated rings. The zero-order valence-corrected chi connectivity index (χ0v) is 18.2. The monoisotopic (exact) mass is 419 g/mol. The molecule has 1 aromatic carbocycles. The minimum atomic E-state index is -0.0220. The SMILES string of the molecule is Cc1cc2n(n1)CCN(C(=O)C1CCC(NC(=O)c3cn(C)c4ccccc34)CC1)C2. The molecule has 1 N–H and O–H groups in total. The summed E-state index contributed by atoms with van der Waals surface area (Å²) in [5, 5.41) is 8.66. The van der Waals surface area contributed by atoms with E-state index in [9.17, 15) is 9.59 Å². The molecule has 5 rings (SSSR count). The number of nitrogens with zero attached hydrogens (tertiary/aromatic N) is 4. The van der Waals surface area contributed by atoms with Gasteiger partial charge in [-0.05, 0) is 44.7 Å². The topological polar surface area (TPSA) is 72.2 Å². The number of fused-ring (bicyclic) bond motifs is 2. The second-order valence-corrected chi connectivity index (χ2v) is 8.95. The number of carbonyl (C=O) groups excluding carboxylic acids is 2. The summed E-state index contributed by atoms with van der Waals surface area (Å²) >= 11 is 0. The molecule has 0 radical (unpaired) electrons. The van der Waals surface area contributed by atoms with Crippen LogP contribution in [-0.4, -0.2) is 43.6 Å². The molecule has 0 saturated heterocycles. The van der Waals surface area contributed by atoms with Crippen LogP contribution in [0.5, 0.6) is 0 Å². The fourth-order valence-electron chi connectivity index (χ4n) is 5.13. The van der Waals surface area contributed by atoms with E-state index in [1.807, 2.05) is 58.6 Å². The number of amides is 2. The van der Waals surface area contributed by atoms with Gasteiger partial charge in [0.1, 0.15) is 0 Å². The zero-order valence-electron chi connectivity index (χ0n) is 18.2. The normalized spacial score (nSPS) is 21.2. The lowest BCUT2D eigenvalue weighted by Gasteiger charge is -2.34. The third-order valence-electron chi connectivity index (χ3n) is 6.78. The van der Waals surface area contributed by atoms with Gasteiger partial charge in [-0.3, -0.25) is 14.3 Å². The summed E-state index contributed by atoms with van der Waals surface area (Å²) in [7, 11) is 1.96. The molecule has 1 aliphatic carbocycles. The van der Waals surface area contributed by atoms with Gasteiger partial charge in [0.15, 0.2) is 0 Å². The molecule has 0 unspecified atom stereocenters. The summed E-state index contributed by atoms with van der Waals surface area (Å²) < 4.78 is 4.00. The molecule has 7 nitrogen and oxygen atoms in total. The Morgan fingerprint density at radius 1 is 1.10 bits per heavy atom. The first-order valence-corrected chi connectivity index (χ1v) is 11.2. The second-order valence-electron chi connectivity index (χ2n) is 8.95. The van der Waals surface area contributed by atoms with Crippen molar-refractivity contribution in [1.29, 1.82) is 0 Å². The van der Waals surface area contributed by atoms with Crippen molar-refractivity contribution < 1.29 is 9.59 Å². The Morgan fingerprint density at radius 3 is 2.68 bits per heavy atom. The fraction of sp³-hybridized carbons (Fsp3) is 0.458. The van der Waals surface area contributed by atoms with E-state index in [4.69, 9.17) is 0 Å². The third-order valence-corrected chi connectivity index (χ3v) is 6.78. The van der Waals surface area contributed by atoms with Crippen molar-refractivity contribution in [2.24, 2.45) is 13.0 Å². The number of benzene rings is 1. The molecule has 3 aromatic rings. The Morgan fingerprint density at radius 2 is 1.87 bits per heavy atom. The van der Waals surface area contributed by atoms with E-state index in [0.29, 0.717) is 6.54 Å². The van der Waals surface area contributed by atoms with Crippen molar-refractivity contribution in [1.82, 2.24) is 24.6 Å². The predicted molar refractivity (Wildman–Crippen MR) is 119 cm³/mol. The molecule has 1 aliphatic heterocycles. The molecule has 1 saturated carbocycles. The van der Waals surface area contributed by atoms with E-state index >= 15 is 0 Å². The molecule has 2 aromatic heterocycles. The number of aryl methyl sites for hydroxylation is 2. The van der Waals surface area contributed by atoms with E-state index in [2.05, 4.69) is 16.5 Å². The van der Waals surface area contributed by atoms with Gasteiger partial charge in [0, 0.05) is 42.7 Å². The van der Waals surface area contributed by atoms with Crippen LogP contribution < -0.4 is 5.32 Å². The Labute approximate surface area is 182 Å². The minimum Gasteiger partial charge on any atom is -0.350 e. The highest BCUT2D eigenvalue weighted by atomic mass is 16.2. The number of aromatic nitrogens is 3. The number of hydrogen-bond acceptors (Lipinski definition) is 3. The Hall–Kier alpha value is -3.09. The first-order chi connectivity index (χ1) is 15.0. The smallest absolute Gasteiger partial charge is 0.253 e. The van der Waals surface area contributed by atoms with Crippen molar-refractivity contribution >= 4 is 22.7 Å². The average Bonchev–Trinajstić information content (AvgIpc) is 3.32. The van der Waals surface area contributed by atoms with Crippen LogP contribution in [0.25, 0.3) is 10.9 Å². The van der Waals surface area contributed by atoms with Gasteiger partial charge in [-0.25, -0.2) is 0 Å². The molecule has 0 bridgehead atoms. The third kappa shape index (κ3) is 3.73. The number of para-hydroxylation sites is 1. The van der Waals surface area contributed by atoms with Crippen LogP contribution in [-0.2, 0) is 24.9 Å². The highest BCUT2D eigenvalue weighted by Gasteiger charge is 2.32. The molecule has 2 amide bonds. The Kier molecular flexibility index (Phi) is 5.04. The van der Waals surface area contributed by atoms with Crippen LogP contribution >= 0.6 is 0 Å². The van der Waals surface area contributed by atoms with Crippen LogP contribution in [0.2, 0.25) is 0 Å². The molecular weight excluding hydrogens is 390 g/mol. The van der Waals surface area contributed by atoms with Crippen LogP contribution in [0.15, 0.2) is 36.5 Å². The van der Waals surface area contributed by atoms with Crippen molar-refractivity contribution in [3.63, 3.8) is 0 Å². The zero-order chi connectivity index (χ0) is 21.5. The minimum absolute atomic E-state index is 0.0220. The van der Waals surface area contributed by atoms with Crippen LogP contribution in [0.4, 0.5) is 0 Å². The van der Waals surface area contributed by atoms with Crippen molar-refractivity contribution in [3.05, 3.63) is 53.5 Å². The van der Waals surface area contributed by atoms with Crippen LogP contribution in [0.1, 0.15) is 47.4 Å². The number of nitrogens with one attached hydrogen (secondary N) is 1. The average molecular weight is 420 g/mol. The van der Waals surface area contributed by atoms with E-state index < -0.39 is 0 Å². The van der Waals surface area contributed by atoms with E-state index in [0.717, 1.165) is 66.6 Å². The number of hydrogen-bond donors (Lipinski definition) is 1. The van der Waals surface area contributed by atoms with E-state index in [-0.39, 0.29) is 23.8 Å². The molecular formula is C24H29N5O2. The van der Waals surface area contributed by atoms with Gasteiger partial charge in [-0.15, -0.1) is 0 Å². The molecule has 0 atom stereocenters. The summed E-state index contributed by atoms with van der Waals surface area (Å²) in [5.74, 6) is 0.288. The van der Waals surface area contributed by atoms with Crippen molar-refractivity contribution in [2.45, 2.75) is 51.7 Å². The summed E-state index contributed by atoms with van der Waals surface area (Å²) in [4.78, 5) is 28.0. The standard InChI is InChI=1S/C24H29N5O2/c1-16-13-19-14-28(11-12-29(19)26-16)24(31)17-7-9-18(10-8-17)25-23(30)21-15-27(2)22-6-4-3-5-20(21)22/h3-6,13,15,17-18H,7-12,14H2,1-2H3,(H,25,30). The maximum atomic E-state index is 13.1. The van der Waals surface area contributed by atoms with Crippen molar-refractivity contribution in [2.75, 3.05) is 6.54 Å². The fourth-order valence-corrected chi connectivity index (χ4v) is 5.13. The largest absolute Gasteiger partial charge is 0.350 e. The summed E-state index contributed by atoms with van der Waals surface area (Å²) in [6.07, 6.45) is 5.25. The summed E-state index contributed by atoms with van der Waals surface area (Å²) in [6, 6.07) is 10.2. The van der Waals surface area contributed by atoms with Gasteiger partial charge >= 0.3 is 0 Å². The van der Waals surface area contributed by atoms with E-state index in [1.54, 1.807) is 0 Å². The lowest BCUT2D eigenvalue weighted by molar-refractivity contribution is -0.138. The second kappa shape index (κ2) is 7.87. The first kappa shape index (κ1) is 19.8. The molecule has 0 spiro atoms. The maximum absolute atomic E-state index is 13.1. The molecule has 3 heterocycles. The highest BCUT2D eigenvalue weighted by Crippen LogP contribution is 2.28. The number of carbonyl (C=O) groups is 2. The lowest BCUT2D eigenvalue weighted by Crippen LogP contribution is -2.44. The summed E-state index contributed by atoms with van der Waals surface area (Å²) in [5.41, 5.74) is 3.90.